The van der Waals surface area contributed by atoms with Crippen LogP contribution in [0.25, 0.3) is 0 Å². The van der Waals surface area contributed by atoms with E-state index in [0.717, 1.165) is 24.9 Å². The van der Waals surface area contributed by atoms with E-state index in [1.165, 1.54) is 0 Å². The lowest BCUT2D eigenvalue weighted by Gasteiger charge is -2.27. The molecule has 1 aromatic rings. The number of nitrogens with one attached hydrogen (secondary N) is 3. The Hall–Kier alpha value is -2.50. The smallest absolute Gasteiger partial charge is 0.475 e. The number of ether oxygens (including phenoxy) is 1. The van der Waals surface area contributed by atoms with Crippen LogP contribution in [-0.2, 0) is 25.5 Å². The van der Waals surface area contributed by atoms with Crippen LogP contribution in [0.4, 0.5) is 13.2 Å². The molecule has 180 valence electrons. The molecular formula is C21H30F3N3O5. The Morgan fingerprint density at radius 2 is 1.81 bits per heavy atom. The zero-order valence-electron chi connectivity index (χ0n) is 18.2. The van der Waals surface area contributed by atoms with Gasteiger partial charge in [-0.2, -0.15) is 13.2 Å². The van der Waals surface area contributed by atoms with Crippen molar-refractivity contribution in [2.75, 3.05) is 20.7 Å². The lowest BCUT2D eigenvalue weighted by Crippen LogP contribution is -2.51. The van der Waals surface area contributed by atoms with Gasteiger partial charge in [0.05, 0.1) is 18.1 Å². The number of imide groups is 1. The Bertz CT molecular complexity index is 740. The molecule has 4 atom stereocenters. The monoisotopic (exact) mass is 461 g/mol. The van der Waals surface area contributed by atoms with Gasteiger partial charge in [0.1, 0.15) is 0 Å². The van der Waals surface area contributed by atoms with Gasteiger partial charge in [0.25, 0.3) is 0 Å². The number of carbonyl (C=O) groups excluding carboxylic acids is 2. The largest absolute Gasteiger partial charge is 0.490 e. The van der Waals surface area contributed by atoms with Crippen LogP contribution in [-0.4, -0.2) is 68.0 Å². The van der Waals surface area contributed by atoms with E-state index in [4.69, 9.17) is 14.6 Å². The summed E-state index contributed by atoms with van der Waals surface area (Å²) in [6.07, 6.45) is -2.73. The van der Waals surface area contributed by atoms with E-state index < -0.39 is 24.1 Å². The number of amides is 2. The lowest BCUT2D eigenvalue weighted by atomic mass is 9.95. The van der Waals surface area contributed by atoms with Crippen LogP contribution >= 0.6 is 0 Å². The first-order valence-electron chi connectivity index (χ1n) is 10.1. The standard InChI is InChI=1S/C19H29N3O3.C2HF3O2/c1-13(17(25-3)15-10-7-11-21-15)18(23)22-19(24)16(20-2)12-14-8-5-4-6-9-14;3-2(4,5)1(6)7/h4-6,8-9,13,15-17,20-21H,7,10-12H2,1-3H3,(H,22,23,24);(H,6,7)/t13-,15+,16+,17-;/m1./s1. The zero-order valence-corrected chi connectivity index (χ0v) is 18.2. The van der Waals surface area contributed by atoms with Crippen LogP contribution in [0.1, 0.15) is 25.3 Å². The summed E-state index contributed by atoms with van der Waals surface area (Å²) in [6.45, 7) is 2.75. The quantitative estimate of drug-likeness (QED) is 0.464. The summed E-state index contributed by atoms with van der Waals surface area (Å²) < 4.78 is 37.3. The third-order valence-corrected chi connectivity index (χ3v) is 5.11. The van der Waals surface area contributed by atoms with E-state index in [2.05, 4.69) is 16.0 Å². The molecule has 8 nitrogen and oxygen atoms in total. The van der Waals surface area contributed by atoms with Crippen LogP contribution in [0.15, 0.2) is 30.3 Å². The van der Waals surface area contributed by atoms with Crippen molar-refractivity contribution < 1.29 is 37.4 Å². The van der Waals surface area contributed by atoms with E-state index >= 15 is 0 Å². The van der Waals surface area contributed by atoms with Gasteiger partial charge < -0.3 is 20.5 Å². The average molecular weight is 461 g/mol. The molecule has 1 aliphatic rings. The molecule has 0 radical (unpaired) electrons. The van der Waals surface area contributed by atoms with E-state index in [1.807, 2.05) is 37.3 Å². The van der Waals surface area contributed by atoms with Crippen LogP contribution in [0, 0.1) is 5.92 Å². The average Bonchev–Trinajstić information content (AvgIpc) is 3.27. The Kier molecular flexibility index (Phi) is 11.3. The van der Waals surface area contributed by atoms with Crippen LogP contribution in [0.2, 0.25) is 0 Å². The molecule has 0 bridgehead atoms. The Balaban J connectivity index is 0.000000633. The van der Waals surface area contributed by atoms with Gasteiger partial charge >= 0.3 is 12.1 Å². The van der Waals surface area contributed by atoms with Crippen LogP contribution in [0.3, 0.4) is 0 Å². The summed E-state index contributed by atoms with van der Waals surface area (Å²) in [4.78, 5) is 33.9. The molecule has 0 saturated carbocycles. The number of rotatable bonds is 8. The molecule has 0 aromatic heterocycles. The van der Waals surface area contributed by atoms with Gasteiger partial charge in [0.15, 0.2) is 0 Å². The molecule has 4 N–H and O–H groups in total. The van der Waals surface area contributed by atoms with Gasteiger partial charge in [-0.1, -0.05) is 37.3 Å². The van der Waals surface area contributed by atoms with Gasteiger partial charge in [0.2, 0.25) is 11.8 Å². The van der Waals surface area contributed by atoms with Gasteiger partial charge in [0, 0.05) is 13.2 Å². The first-order valence-corrected chi connectivity index (χ1v) is 10.1. The van der Waals surface area contributed by atoms with Crippen molar-refractivity contribution in [3.63, 3.8) is 0 Å². The minimum atomic E-state index is -5.08. The lowest BCUT2D eigenvalue weighted by molar-refractivity contribution is -0.192. The van der Waals surface area contributed by atoms with Crippen molar-refractivity contribution >= 4 is 17.8 Å². The highest BCUT2D eigenvalue weighted by Gasteiger charge is 2.38. The summed E-state index contributed by atoms with van der Waals surface area (Å²) in [6, 6.07) is 9.44. The number of benzene rings is 1. The maximum absolute atomic E-state index is 12.5. The second kappa shape index (κ2) is 13.1. The zero-order chi connectivity index (χ0) is 24.3. The number of carboxylic acid groups (broad SMARTS) is 1. The predicted molar refractivity (Wildman–Crippen MR) is 111 cm³/mol. The molecule has 1 aliphatic heterocycles. The van der Waals surface area contributed by atoms with E-state index in [-0.39, 0.29) is 24.0 Å². The van der Waals surface area contributed by atoms with Crippen LogP contribution < -0.4 is 16.0 Å². The Morgan fingerprint density at radius 1 is 1.22 bits per heavy atom. The maximum atomic E-state index is 12.5. The van der Waals surface area contributed by atoms with Gasteiger partial charge in [-0.25, -0.2) is 4.79 Å². The Labute approximate surface area is 184 Å². The third kappa shape index (κ3) is 8.93. The molecule has 1 fully saturated rings. The highest BCUT2D eigenvalue weighted by molar-refractivity contribution is 5.98. The second-order valence-corrected chi connectivity index (χ2v) is 7.38. The molecule has 2 rings (SSSR count). The topological polar surface area (TPSA) is 117 Å². The molecule has 0 aliphatic carbocycles. The third-order valence-electron chi connectivity index (χ3n) is 5.11. The summed E-state index contributed by atoms with van der Waals surface area (Å²) in [5.41, 5.74) is 1.04. The van der Waals surface area contributed by atoms with E-state index in [0.29, 0.717) is 6.42 Å². The molecule has 1 aromatic carbocycles. The molecule has 0 unspecified atom stereocenters. The number of likely N-dealkylation sites (N-methyl/N-ethyl adjacent to an activating group) is 1. The maximum Gasteiger partial charge on any atom is 0.490 e. The number of hydrogen-bond donors (Lipinski definition) is 4. The molecule has 0 spiro atoms. The highest BCUT2D eigenvalue weighted by atomic mass is 19.4. The van der Waals surface area contributed by atoms with Crippen molar-refractivity contribution in [2.24, 2.45) is 5.92 Å². The van der Waals surface area contributed by atoms with Gasteiger partial charge in [-0.3, -0.25) is 14.9 Å². The van der Waals surface area contributed by atoms with Crippen LogP contribution in [0.5, 0.6) is 0 Å². The summed E-state index contributed by atoms with van der Waals surface area (Å²) in [5.74, 6) is -3.76. The second-order valence-electron chi connectivity index (χ2n) is 7.38. The van der Waals surface area contributed by atoms with E-state index in [9.17, 15) is 22.8 Å². The first-order chi connectivity index (χ1) is 15.0. The number of halogens is 3. The fraction of sp³-hybridized carbons (Fsp3) is 0.571. The molecular weight excluding hydrogens is 431 g/mol. The molecule has 32 heavy (non-hydrogen) atoms. The number of hydrogen-bond acceptors (Lipinski definition) is 6. The minimum Gasteiger partial charge on any atom is -0.475 e. The summed E-state index contributed by atoms with van der Waals surface area (Å²) in [7, 11) is 3.34. The Morgan fingerprint density at radius 3 is 2.25 bits per heavy atom. The molecule has 1 heterocycles. The fourth-order valence-electron chi connectivity index (χ4n) is 3.36. The van der Waals surface area contributed by atoms with Crippen molar-refractivity contribution in [1.29, 1.82) is 0 Å². The predicted octanol–water partition coefficient (Wildman–Crippen LogP) is 1.50. The molecule has 11 heteroatoms. The summed E-state index contributed by atoms with van der Waals surface area (Å²) >= 11 is 0. The van der Waals surface area contributed by atoms with E-state index in [1.54, 1.807) is 14.2 Å². The van der Waals surface area contributed by atoms with Gasteiger partial charge in [-0.15, -0.1) is 0 Å². The fourth-order valence-corrected chi connectivity index (χ4v) is 3.36. The molecule has 1 saturated heterocycles. The number of methoxy groups -OCH3 is 1. The number of aliphatic carboxylic acids is 1. The highest BCUT2D eigenvalue weighted by Crippen LogP contribution is 2.19. The summed E-state index contributed by atoms with van der Waals surface area (Å²) in [5, 5.41) is 16.0. The number of alkyl halides is 3. The van der Waals surface area contributed by atoms with Crippen molar-refractivity contribution in [3.8, 4) is 0 Å². The van der Waals surface area contributed by atoms with Gasteiger partial charge in [-0.05, 0) is 38.4 Å². The normalized spacial score (nSPS) is 18.6. The van der Waals surface area contributed by atoms with Crippen molar-refractivity contribution in [1.82, 2.24) is 16.0 Å². The number of carbonyl (C=O) groups is 3. The minimum absolute atomic E-state index is 0.158. The van der Waals surface area contributed by atoms with Crippen molar-refractivity contribution in [3.05, 3.63) is 35.9 Å². The first kappa shape index (κ1) is 27.5. The SMILES string of the molecule is CN[C@@H](Cc1ccccc1)C(=O)NC(=O)[C@H](C)[C@@H](OC)[C@@H]1CCCN1.O=C(O)C(F)(F)F. The molecule has 2 amide bonds. The number of carboxylic acids is 1. The van der Waals surface area contributed by atoms with Crippen molar-refractivity contribution in [2.45, 2.75) is 50.6 Å².